The van der Waals surface area contributed by atoms with Crippen LogP contribution >= 0.6 is 11.6 Å². The normalized spacial score (nSPS) is 11.1. The molecule has 11 heteroatoms. The van der Waals surface area contributed by atoms with Gasteiger partial charge in [-0.3, -0.25) is 23.9 Å². The standard InChI is InChI=1S/C22H30ClN5O5/c1-13(2)10-27(19-20(24)28(11-14(3)4)22(32)26-21(19)31)17(29)7-8-18(30)33-12-15-5-6-16(23)25-9-15/h5-6,9,13-14H,7-8,10-12,24H2,1-4H3,(H,26,31,32). The number of anilines is 2. The molecule has 0 aliphatic carbocycles. The molecule has 0 atom stereocenters. The number of aromatic nitrogens is 3. The van der Waals surface area contributed by atoms with E-state index in [1.165, 1.54) is 15.7 Å². The molecule has 2 aromatic rings. The van der Waals surface area contributed by atoms with E-state index in [1.54, 1.807) is 12.1 Å². The maximum Gasteiger partial charge on any atom is 0.330 e. The van der Waals surface area contributed by atoms with Gasteiger partial charge >= 0.3 is 11.7 Å². The Balaban J connectivity index is 2.17. The minimum Gasteiger partial charge on any atom is -0.461 e. The van der Waals surface area contributed by atoms with Crippen molar-refractivity contribution >= 4 is 35.0 Å². The van der Waals surface area contributed by atoms with Gasteiger partial charge in [-0.1, -0.05) is 45.4 Å². The highest BCUT2D eigenvalue weighted by atomic mass is 35.5. The number of nitrogens with zero attached hydrogens (tertiary/aromatic N) is 3. The summed E-state index contributed by atoms with van der Waals surface area (Å²) < 4.78 is 6.43. The maximum absolute atomic E-state index is 13.0. The van der Waals surface area contributed by atoms with Gasteiger partial charge in [-0.15, -0.1) is 0 Å². The lowest BCUT2D eigenvalue weighted by atomic mass is 10.1. The quantitative estimate of drug-likeness (QED) is 0.393. The summed E-state index contributed by atoms with van der Waals surface area (Å²) >= 11 is 5.73. The molecule has 180 valence electrons. The molecule has 0 aliphatic heterocycles. The smallest absolute Gasteiger partial charge is 0.330 e. The Morgan fingerprint density at radius 2 is 1.88 bits per heavy atom. The van der Waals surface area contributed by atoms with Crippen LogP contribution in [0, 0.1) is 11.8 Å². The summed E-state index contributed by atoms with van der Waals surface area (Å²) in [5.41, 5.74) is 5.36. The number of hydrogen-bond donors (Lipinski definition) is 2. The second-order valence-electron chi connectivity index (χ2n) is 8.55. The molecule has 33 heavy (non-hydrogen) atoms. The Kier molecular flexibility index (Phi) is 9.22. The average molecular weight is 480 g/mol. The van der Waals surface area contributed by atoms with Gasteiger partial charge in [0.1, 0.15) is 17.6 Å². The molecular formula is C22H30ClN5O5. The van der Waals surface area contributed by atoms with E-state index in [9.17, 15) is 19.2 Å². The Labute approximate surface area is 196 Å². The van der Waals surface area contributed by atoms with E-state index < -0.39 is 23.1 Å². The van der Waals surface area contributed by atoms with Gasteiger partial charge in [0.25, 0.3) is 5.56 Å². The predicted octanol–water partition coefficient (Wildman–Crippen LogP) is 2.34. The molecule has 0 radical (unpaired) electrons. The fraction of sp³-hybridized carbons (Fsp3) is 0.500. The molecule has 1 amide bonds. The first-order valence-corrected chi connectivity index (χ1v) is 11.1. The van der Waals surface area contributed by atoms with Gasteiger partial charge in [0.15, 0.2) is 5.69 Å². The van der Waals surface area contributed by atoms with Crippen LogP contribution in [0.5, 0.6) is 0 Å². The van der Waals surface area contributed by atoms with Crippen LogP contribution in [0.3, 0.4) is 0 Å². The van der Waals surface area contributed by atoms with Gasteiger partial charge in [0, 0.05) is 31.3 Å². The minimum absolute atomic E-state index is 0.000316. The molecule has 3 N–H and O–H groups in total. The lowest BCUT2D eigenvalue weighted by Crippen LogP contribution is -2.43. The molecule has 0 saturated carbocycles. The van der Waals surface area contributed by atoms with E-state index in [1.807, 2.05) is 27.7 Å². The first kappa shape index (κ1) is 26.1. The predicted molar refractivity (Wildman–Crippen MR) is 126 cm³/mol. The maximum atomic E-state index is 13.0. The molecule has 0 unspecified atom stereocenters. The van der Waals surface area contributed by atoms with Gasteiger partial charge in [-0.05, 0) is 17.9 Å². The fourth-order valence-corrected chi connectivity index (χ4v) is 3.25. The third kappa shape index (κ3) is 7.45. The molecule has 2 heterocycles. The van der Waals surface area contributed by atoms with Gasteiger partial charge < -0.3 is 15.4 Å². The number of carbonyl (C=O) groups excluding carboxylic acids is 2. The first-order chi connectivity index (χ1) is 15.5. The molecule has 0 bridgehead atoms. The Morgan fingerprint density at radius 1 is 1.18 bits per heavy atom. The number of ether oxygens (including phenoxy) is 1. The zero-order valence-corrected chi connectivity index (χ0v) is 20.0. The molecule has 0 aliphatic rings. The van der Waals surface area contributed by atoms with Crippen molar-refractivity contribution in [2.24, 2.45) is 11.8 Å². The molecule has 2 aromatic heterocycles. The molecule has 0 aromatic carbocycles. The highest BCUT2D eigenvalue weighted by Gasteiger charge is 2.25. The number of pyridine rings is 1. The number of amides is 1. The summed E-state index contributed by atoms with van der Waals surface area (Å²) in [4.78, 5) is 57.4. The van der Waals surface area contributed by atoms with E-state index in [2.05, 4.69) is 9.97 Å². The van der Waals surface area contributed by atoms with Crippen LogP contribution in [0.2, 0.25) is 5.15 Å². The highest BCUT2D eigenvalue weighted by Crippen LogP contribution is 2.20. The van der Waals surface area contributed by atoms with E-state index in [-0.39, 0.29) is 55.9 Å². The van der Waals surface area contributed by atoms with Crippen LogP contribution < -0.4 is 21.9 Å². The number of nitrogen functional groups attached to an aromatic ring is 1. The van der Waals surface area contributed by atoms with Crippen molar-refractivity contribution in [3.8, 4) is 0 Å². The largest absolute Gasteiger partial charge is 0.461 e. The van der Waals surface area contributed by atoms with E-state index in [0.717, 1.165) is 0 Å². The zero-order chi connectivity index (χ0) is 24.7. The number of esters is 1. The van der Waals surface area contributed by atoms with E-state index in [0.29, 0.717) is 10.7 Å². The van der Waals surface area contributed by atoms with Crippen molar-refractivity contribution < 1.29 is 14.3 Å². The van der Waals surface area contributed by atoms with Crippen LogP contribution in [0.4, 0.5) is 11.5 Å². The monoisotopic (exact) mass is 479 g/mol. The van der Waals surface area contributed by atoms with Crippen LogP contribution in [0.1, 0.15) is 46.1 Å². The van der Waals surface area contributed by atoms with Crippen LogP contribution in [-0.2, 0) is 27.5 Å². The zero-order valence-electron chi connectivity index (χ0n) is 19.3. The van der Waals surface area contributed by atoms with Gasteiger partial charge in [-0.25, -0.2) is 9.78 Å². The molecule has 2 rings (SSSR count). The number of hydrogen-bond acceptors (Lipinski definition) is 7. The van der Waals surface area contributed by atoms with Crippen LogP contribution in [-0.4, -0.2) is 33.0 Å². The van der Waals surface area contributed by atoms with E-state index in [4.69, 9.17) is 22.1 Å². The Bertz CT molecular complexity index is 1090. The number of halogens is 1. The number of H-pyrrole nitrogens is 1. The second-order valence-corrected chi connectivity index (χ2v) is 8.93. The first-order valence-electron chi connectivity index (χ1n) is 10.7. The number of nitrogens with two attached hydrogens (primary N) is 1. The third-order valence-corrected chi connectivity index (χ3v) is 4.84. The summed E-state index contributed by atoms with van der Waals surface area (Å²) in [6.45, 7) is 8.03. The van der Waals surface area contributed by atoms with Gasteiger partial charge in [0.05, 0.1) is 6.42 Å². The molecule has 10 nitrogen and oxygen atoms in total. The lowest BCUT2D eigenvalue weighted by Gasteiger charge is -2.26. The number of rotatable bonds is 10. The molecular weight excluding hydrogens is 450 g/mol. The summed E-state index contributed by atoms with van der Waals surface area (Å²) in [6, 6.07) is 3.26. The highest BCUT2D eigenvalue weighted by molar-refractivity contribution is 6.29. The van der Waals surface area contributed by atoms with Crippen LogP contribution in [0.25, 0.3) is 0 Å². The summed E-state index contributed by atoms with van der Waals surface area (Å²) in [5, 5.41) is 0.329. The van der Waals surface area contributed by atoms with Crippen LogP contribution in [0.15, 0.2) is 27.9 Å². The lowest BCUT2D eigenvalue weighted by molar-refractivity contribution is -0.146. The SMILES string of the molecule is CC(C)CN(C(=O)CCC(=O)OCc1ccc(Cl)nc1)c1c(N)n(CC(C)C)c(=O)[nH]c1=O. The number of aromatic amines is 1. The average Bonchev–Trinajstić information content (AvgIpc) is 2.73. The van der Waals surface area contributed by atoms with E-state index >= 15 is 0 Å². The summed E-state index contributed by atoms with van der Waals surface area (Å²) in [7, 11) is 0. The van der Waals surface area contributed by atoms with Crippen molar-refractivity contribution in [1.82, 2.24) is 14.5 Å². The third-order valence-electron chi connectivity index (χ3n) is 4.61. The molecule has 0 fully saturated rings. The number of nitrogens with one attached hydrogen (secondary N) is 1. The topological polar surface area (TPSA) is 140 Å². The fourth-order valence-electron chi connectivity index (χ4n) is 3.14. The van der Waals surface area contributed by atoms with Crippen molar-refractivity contribution in [3.05, 3.63) is 49.9 Å². The molecule has 0 saturated heterocycles. The van der Waals surface area contributed by atoms with Crippen molar-refractivity contribution in [3.63, 3.8) is 0 Å². The summed E-state index contributed by atoms with van der Waals surface area (Å²) in [5.74, 6) is -1.04. The van der Waals surface area contributed by atoms with Crippen molar-refractivity contribution in [1.29, 1.82) is 0 Å². The Hall–Kier alpha value is -3.14. The van der Waals surface area contributed by atoms with Crippen molar-refractivity contribution in [2.75, 3.05) is 17.2 Å². The second kappa shape index (κ2) is 11.6. The number of carbonyl (C=O) groups is 2. The molecule has 0 spiro atoms. The van der Waals surface area contributed by atoms with Crippen molar-refractivity contribution in [2.45, 2.75) is 53.7 Å². The van der Waals surface area contributed by atoms with Gasteiger partial charge in [-0.2, -0.15) is 0 Å². The minimum atomic E-state index is -0.746. The van der Waals surface area contributed by atoms with Gasteiger partial charge in [0.2, 0.25) is 5.91 Å². The Morgan fingerprint density at radius 3 is 2.45 bits per heavy atom. The summed E-state index contributed by atoms with van der Waals surface area (Å²) in [6.07, 6.45) is 1.12.